The van der Waals surface area contributed by atoms with Gasteiger partial charge in [0.05, 0.1) is 5.69 Å². The first-order valence-corrected chi connectivity index (χ1v) is 4.53. The third-order valence-electron chi connectivity index (χ3n) is 2.23. The van der Waals surface area contributed by atoms with Gasteiger partial charge in [-0.05, 0) is 17.5 Å². The normalized spacial score (nSPS) is 14.2. The summed E-state index contributed by atoms with van der Waals surface area (Å²) in [5.41, 5.74) is 6.85. The van der Waals surface area contributed by atoms with Crippen molar-refractivity contribution in [3.63, 3.8) is 0 Å². The Hall–Kier alpha value is -0.960. The second-order valence-corrected chi connectivity index (χ2v) is 4.30. The average molecular weight is 179 g/mol. The van der Waals surface area contributed by atoms with Crippen LogP contribution in [0.2, 0.25) is 0 Å². The fourth-order valence-corrected chi connectivity index (χ4v) is 1.42. The van der Waals surface area contributed by atoms with E-state index >= 15 is 0 Å². The van der Waals surface area contributed by atoms with Gasteiger partial charge in [0, 0.05) is 18.7 Å². The molecule has 1 unspecified atom stereocenters. The van der Waals surface area contributed by atoms with Crippen molar-refractivity contribution in [3.05, 3.63) is 24.0 Å². The zero-order valence-corrected chi connectivity index (χ0v) is 8.49. The summed E-state index contributed by atoms with van der Waals surface area (Å²) in [6.45, 7) is 7.11. The minimum atomic E-state index is 0.144. The molecule has 1 atom stereocenters. The van der Waals surface area contributed by atoms with E-state index in [9.17, 15) is 0 Å². The van der Waals surface area contributed by atoms with Gasteiger partial charge in [-0.25, -0.2) is 0 Å². The molecule has 2 N–H and O–H groups in total. The second kappa shape index (κ2) is 3.83. The lowest BCUT2D eigenvalue weighted by atomic mass is 9.79. The Bertz CT molecular complexity index is 251. The summed E-state index contributed by atoms with van der Waals surface area (Å²) < 4.78 is 0. The van der Waals surface area contributed by atoms with Crippen LogP contribution in [0.5, 0.6) is 0 Å². The molecule has 0 saturated heterocycles. The van der Waals surface area contributed by atoms with E-state index in [0.717, 1.165) is 5.69 Å². The molecule has 0 aliphatic rings. The van der Waals surface area contributed by atoms with Crippen LogP contribution in [0.1, 0.15) is 32.4 Å². The Morgan fingerprint density at radius 3 is 2.54 bits per heavy atom. The van der Waals surface area contributed by atoms with Crippen LogP contribution in [0.15, 0.2) is 18.3 Å². The molecule has 0 bridgehead atoms. The molecule has 0 aromatic carbocycles. The monoisotopic (exact) mass is 179 g/mol. The maximum absolute atomic E-state index is 5.72. The van der Waals surface area contributed by atoms with Crippen molar-refractivity contribution in [2.75, 3.05) is 6.54 Å². The van der Waals surface area contributed by atoms with E-state index in [4.69, 9.17) is 5.73 Å². The molecule has 0 aliphatic heterocycles. The molecule has 13 heavy (non-hydrogen) atoms. The smallest absolute Gasteiger partial charge is 0.0679 e. The Labute approximate surface area is 79.4 Å². The minimum Gasteiger partial charge on any atom is -0.330 e. The highest BCUT2D eigenvalue weighted by molar-refractivity contribution is 5.10. The minimum absolute atomic E-state index is 0.144. The molecule has 1 aromatic rings. The lowest BCUT2D eigenvalue weighted by molar-refractivity contribution is 0.318. The molecule has 0 saturated carbocycles. The highest BCUT2D eigenvalue weighted by Gasteiger charge is 2.25. The summed E-state index contributed by atoms with van der Waals surface area (Å²) in [7, 11) is 0. The standard InChI is InChI=1S/C10H17N3/c1-10(2,3)8(7-11)9-5-4-6-12-13-9/h4-6,8H,7,11H2,1-3H3. The van der Waals surface area contributed by atoms with Gasteiger partial charge >= 0.3 is 0 Å². The summed E-state index contributed by atoms with van der Waals surface area (Å²) in [6, 6.07) is 3.88. The second-order valence-electron chi connectivity index (χ2n) is 4.30. The van der Waals surface area contributed by atoms with Gasteiger partial charge in [0.1, 0.15) is 0 Å². The Morgan fingerprint density at radius 1 is 1.46 bits per heavy atom. The molecular formula is C10H17N3. The largest absolute Gasteiger partial charge is 0.330 e. The number of rotatable bonds is 2. The Morgan fingerprint density at radius 2 is 2.15 bits per heavy atom. The van der Waals surface area contributed by atoms with E-state index in [-0.39, 0.29) is 11.3 Å². The fraction of sp³-hybridized carbons (Fsp3) is 0.600. The van der Waals surface area contributed by atoms with E-state index in [1.54, 1.807) is 6.20 Å². The van der Waals surface area contributed by atoms with Crippen LogP contribution in [0.4, 0.5) is 0 Å². The molecule has 0 aliphatic carbocycles. The fourth-order valence-electron chi connectivity index (χ4n) is 1.42. The maximum atomic E-state index is 5.72. The molecular weight excluding hydrogens is 162 g/mol. The third-order valence-corrected chi connectivity index (χ3v) is 2.23. The predicted molar refractivity (Wildman–Crippen MR) is 53.3 cm³/mol. The summed E-state index contributed by atoms with van der Waals surface area (Å²) in [5.74, 6) is 0.279. The van der Waals surface area contributed by atoms with Crippen molar-refractivity contribution in [1.29, 1.82) is 0 Å². The van der Waals surface area contributed by atoms with Gasteiger partial charge < -0.3 is 5.73 Å². The van der Waals surface area contributed by atoms with Gasteiger partial charge in [-0.1, -0.05) is 20.8 Å². The molecule has 1 heterocycles. The van der Waals surface area contributed by atoms with Crippen molar-refractivity contribution in [2.24, 2.45) is 11.1 Å². The number of nitrogens with two attached hydrogens (primary N) is 1. The SMILES string of the molecule is CC(C)(C)C(CN)c1cccnn1. The van der Waals surface area contributed by atoms with Crippen LogP contribution in [0.25, 0.3) is 0 Å². The van der Waals surface area contributed by atoms with Crippen LogP contribution in [-0.2, 0) is 0 Å². The summed E-state index contributed by atoms with van der Waals surface area (Å²) >= 11 is 0. The summed E-state index contributed by atoms with van der Waals surface area (Å²) in [6.07, 6.45) is 1.68. The quantitative estimate of drug-likeness (QED) is 0.749. The lowest BCUT2D eigenvalue weighted by Crippen LogP contribution is -2.26. The van der Waals surface area contributed by atoms with E-state index in [1.165, 1.54) is 0 Å². The van der Waals surface area contributed by atoms with Crippen molar-refractivity contribution >= 4 is 0 Å². The number of hydrogen-bond acceptors (Lipinski definition) is 3. The van der Waals surface area contributed by atoms with Gasteiger partial charge in [-0.2, -0.15) is 10.2 Å². The molecule has 1 rings (SSSR count). The average Bonchev–Trinajstić information content (AvgIpc) is 2.05. The van der Waals surface area contributed by atoms with Gasteiger partial charge in [0.2, 0.25) is 0 Å². The number of aromatic nitrogens is 2. The van der Waals surface area contributed by atoms with Crippen molar-refractivity contribution in [3.8, 4) is 0 Å². The summed E-state index contributed by atoms with van der Waals surface area (Å²) in [5, 5.41) is 7.95. The highest BCUT2D eigenvalue weighted by Crippen LogP contribution is 2.32. The van der Waals surface area contributed by atoms with E-state index in [1.807, 2.05) is 12.1 Å². The number of nitrogens with zero attached hydrogens (tertiary/aromatic N) is 2. The Balaban J connectivity index is 2.92. The zero-order valence-electron chi connectivity index (χ0n) is 8.49. The lowest BCUT2D eigenvalue weighted by Gasteiger charge is -2.28. The first kappa shape index (κ1) is 10.1. The molecule has 0 amide bonds. The highest BCUT2D eigenvalue weighted by atomic mass is 15.1. The molecule has 0 fully saturated rings. The molecule has 3 heteroatoms. The van der Waals surface area contributed by atoms with E-state index < -0.39 is 0 Å². The Kier molecular flexibility index (Phi) is 2.98. The van der Waals surface area contributed by atoms with Gasteiger partial charge in [-0.15, -0.1) is 0 Å². The summed E-state index contributed by atoms with van der Waals surface area (Å²) in [4.78, 5) is 0. The van der Waals surface area contributed by atoms with Crippen LogP contribution >= 0.6 is 0 Å². The van der Waals surface area contributed by atoms with Crippen LogP contribution < -0.4 is 5.73 Å². The van der Waals surface area contributed by atoms with Crippen LogP contribution in [-0.4, -0.2) is 16.7 Å². The van der Waals surface area contributed by atoms with Crippen molar-refractivity contribution in [1.82, 2.24) is 10.2 Å². The predicted octanol–water partition coefficient (Wildman–Crippen LogP) is 1.56. The molecule has 1 aromatic heterocycles. The van der Waals surface area contributed by atoms with Gasteiger partial charge in [0.15, 0.2) is 0 Å². The first-order valence-electron chi connectivity index (χ1n) is 4.53. The van der Waals surface area contributed by atoms with Gasteiger partial charge in [0.25, 0.3) is 0 Å². The molecule has 72 valence electrons. The molecule has 0 spiro atoms. The van der Waals surface area contributed by atoms with Gasteiger partial charge in [-0.3, -0.25) is 0 Å². The molecule has 3 nitrogen and oxygen atoms in total. The third kappa shape index (κ3) is 2.49. The van der Waals surface area contributed by atoms with E-state index in [2.05, 4.69) is 31.0 Å². The molecule has 0 radical (unpaired) electrons. The number of hydrogen-bond donors (Lipinski definition) is 1. The topological polar surface area (TPSA) is 51.8 Å². The van der Waals surface area contributed by atoms with Crippen molar-refractivity contribution in [2.45, 2.75) is 26.7 Å². The van der Waals surface area contributed by atoms with Crippen molar-refractivity contribution < 1.29 is 0 Å². The van der Waals surface area contributed by atoms with Crippen LogP contribution in [0, 0.1) is 5.41 Å². The zero-order chi connectivity index (χ0) is 9.90. The van der Waals surface area contributed by atoms with Crippen LogP contribution in [0.3, 0.4) is 0 Å². The first-order chi connectivity index (χ1) is 6.05. The maximum Gasteiger partial charge on any atom is 0.0679 e. The van der Waals surface area contributed by atoms with E-state index in [0.29, 0.717) is 6.54 Å².